The Morgan fingerprint density at radius 2 is 1.95 bits per heavy atom. The fraction of sp³-hybridized carbons (Fsp3) is 0.625. The molecule has 3 aliphatic carbocycles. The van der Waals surface area contributed by atoms with Crippen molar-refractivity contribution in [1.29, 1.82) is 0 Å². The largest absolute Gasteiger partial charge is 0.493 e. The first-order valence-corrected chi connectivity index (χ1v) is 16.7. The van der Waals surface area contributed by atoms with Gasteiger partial charge in [-0.2, -0.15) is 4.31 Å². The van der Waals surface area contributed by atoms with Crippen molar-refractivity contribution in [2.75, 3.05) is 26.7 Å². The molecule has 2 aromatic carbocycles. The molecule has 7 atom stereocenters. The van der Waals surface area contributed by atoms with E-state index in [1.54, 1.807) is 7.11 Å². The van der Waals surface area contributed by atoms with Crippen molar-refractivity contribution in [2.24, 2.45) is 17.8 Å². The molecular weight excluding hydrogens is 524 g/mol. The van der Waals surface area contributed by atoms with Crippen molar-refractivity contribution >= 4 is 10.0 Å². The molecule has 0 amide bonds. The van der Waals surface area contributed by atoms with Crippen LogP contribution >= 0.6 is 0 Å². The standard InChI is InChI=1S/C32H42N2O5S/c1-20(2)17-34(40(36,37)19-21-7-5-4-6-8-21)25-11-10-24-26-15-22-9-12-28(38-3)30-29(22)32(24,31(25)39-30)13-14-33(26)18-23-16-27(23)35/h4-9,12,20,23-27,31,35H,10-11,13-19H2,1-3H3/t23?,24-,25+,26+,27?,31-,32-/m0/s1. The normalized spacial score (nSPS) is 34.0. The average Bonchev–Trinajstić information content (AvgIpc) is 3.51. The summed E-state index contributed by atoms with van der Waals surface area (Å²) in [5, 5.41) is 10.1. The molecule has 2 saturated carbocycles. The van der Waals surface area contributed by atoms with Gasteiger partial charge >= 0.3 is 0 Å². The predicted octanol–water partition coefficient (Wildman–Crippen LogP) is 3.97. The maximum atomic E-state index is 14.2. The van der Waals surface area contributed by atoms with E-state index >= 15 is 0 Å². The van der Waals surface area contributed by atoms with E-state index in [0.29, 0.717) is 24.4 Å². The van der Waals surface area contributed by atoms with E-state index in [4.69, 9.17) is 9.47 Å². The molecule has 40 heavy (non-hydrogen) atoms. The van der Waals surface area contributed by atoms with Gasteiger partial charge in [0.05, 0.1) is 25.0 Å². The molecule has 1 saturated heterocycles. The zero-order valence-corrected chi connectivity index (χ0v) is 24.6. The number of rotatable bonds is 9. The van der Waals surface area contributed by atoms with Crippen molar-refractivity contribution in [3.63, 3.8) is 0 Å². The van der Waals surface area contributed by atoms with Crippen LogP contribution in [0.15, 0.2) is 42.5 Å². The molecule has 5 aliphatic rings. The molecule has 1 N–H and O–H groups in total. The highest BCUT2D eigenvalue weighted by molar-refractivity contribution is 7.88. The van der Waals surface area contributed by atoms with E-state index in [0.717, 1.165) is 62.3 Å². The van der Waals surface area contributed by atoms with E-state index in [-0.39, 0.29) is 35.3 Å². The van der Waals surface area contributed by atoms with Crippen LogP contribution in [0.2, 0.25) is 0 Å². The Morgan fingerprint density at radius 1 is 1.18 bits per heavy atom. The lowest BCUT2D eigenvalue weighted by atomic mass is 9.51. The molecule has 1 spiro atoms. The van der Waals surface area contributed by atoms with E-state index in [1.165, 1.54) is 11.1 Å². The van der Waals surface area contributed by atoms with Gasteiger partial charge in [0.15, 0.2) is 11.5 Å². The van der Waals surface area contributed by atoms with E-state index in [1.807, 2.05) is 40.7 Å². The smallest absolute Gasteiger partial charge is 0.218 e. The van der Waals surface area contributed by atoms with Crippen LogP contribution in [-0.2, 0) is 27.6 Å². The van der Waals surface area contributed by atoms with Crippen molar-refractivity contribution in [1.82, 2.24) is 9.21 Å². The van der Waals surface area contributed by atoms with Gasteiger partial charge in [-0.3, -0.25) is 4.90 Å². The maximum Gasteiger partial charge on any atom is 0.218 e. The molecule has 7 rings (SSSR count). The van der Waals surface area contributed by atoms with Gasteiger partial charge in [0, 0.05) is 36.0 Å². The third kappa shape index (κ3) is 4.12. The molecule has 8 heteroatoms. The quantitative estimate of drug-likeness (QED) is 0.495. The Hall–Kier alpha value is -2.13. The summed E-state index contributed by atoms with van der Waals surface area (Å²) in [6, 6.07) is 13.9. The number of hydrogen-bond donors (Lipinski definition) is 1. The summed E-state index contributed by atoms with van der Waals surface area (Å²) in [4.78, 5) is 2.64. The number of aliphatic hydroxyl groups excluding tert-OH is 1. The van der Waals surface area contributed by atoms with Crippen molar-refractivity contribution in [2.45, 2.75) is 81.4 Å². The number of ether oxygens (including phenoxy) is 2. The molecule has 3 fully saturated rings. The van der Waals surface area contributed by atoms with Gasteiger partial charge in [-0.15, -0.1) is 0 Å². The van der Waals surface area contributed by atoms with Gasteiger partial charge in [0.1, 0.15) is 6.10 Å². The van der Waals surface area contributed by atoms with Crippen LogP contribution in [0.4, 0.5) is 0 Å². The van der Waals surface area contributed by atoms with Crippen LogP contribution in [0.1, 0.15) is 56.2 Å². The third-order valence-corrected chi connectivity index (χ3v) is 12.3. The summed E-state index contributed by atoms with van der Waals surface area (Å²) >= 11 is 0. The zero-order chi connectivity index (χ0) is 27.8. The number of methoxy groups -OCH3 is 1. The Kier molecular flexibility index (Phi) is 6.50. The highest BCUT2D eigenvalue weighted by Crippen LogP contribution is 2.64. The summed E-state index contributed by atoms with van der Waals surface area (Å²) in [6.45, 7) is 6.59. The van der Waals surface area contributed by atoms with Gasteiger partial charge in [0.2, 0.25) is 10.0 Å². The van der Waals surface area contributed by atoms with Crippen LogP contribution in [0.25, 0.3) is 0 Å². The molecule has 0 aromatic heterocycles. The van der Waals surface area contributed by atoms with Gasteiger partial charge < -0.3 is 14.6 Å². The second-order valence-corrected chi connectivity index (χ2v) is 15.2. The highest BCUT2D eigenvalue weighted by Gasteiger charge is 2.67. The summed E-state index contributed by atoms with van der Waals surface area (Å²) in [7, 11) is -1.90. The van der Waals surface area contributed by atoms with Gasteiger partial charge in [0.25, 0.3) is 0 Å². The molecule has 216 valence electrons. The van der Waals surface area contributed by atoms with Gasteiger partial charge in [-0.25, -0.2) is 8.42 Å². The van der Waals surface area contributed by atoms with Gasteiger partial charge in [-0.05, 0) is 67.7 Å². The lowest BCUT2D eigenvalue weighted by Gasteiger charge is -2.60. The first kappa shape index (κ1) is 26.7. The third-order valence-electron chi connectivity index (χ3n) is 10.4. The summed E-state index contributed by atoms with van der Waals surface area (Å²) in [5.74, 6) is 2.58. The Bertz CT molecular complexity index is 1380. The fourth-order valence-corrected chi connectivity index (χ4v) is 10.6. The minimum Gasteiger partial charge on any atom is -0.493 e. The maximum absolute atomic E-state index is 14.2. The minimum atomic E-state index is -3.59. The number of piperidine rings is 1. The molecular formula is C32H42N2O5S. The monoisotopic (exact) mass is 566 g/mol. The topological polar surface area (TPSA) is 79.3 Å². The molecule has 2 unspecified atom stereocenters. The number of aliphatic hydroxyl groups is 1. The Morgan fingerprint density at radius 3 is 2.65 bits per heavy atom. The van der Waals surface area contributed by atoms with E-state index in [9.17, 15) is 13.5 Å². The second-order valence-electron chi connectivity index (χ2n) is 13.2. The Labute approximate surface area is 238 Å². The predicted molar refractivity (Wildman–Crippen MR) is 154 cm³/mol. The Balaban J connectivity index is 1.30. The minimum absolute atomic E-state index is 0.00183. The summed E-state index contributed by atoms with van der Waals surface area (Å²) < 4.78 is 43.0. The van der Waals surface area contributed by atoms with E-state index < -0.39 is 10.0 Å². The molecule has 7 nitrogen and oxygen atoms in total. The SMILES string of the molecule is COc1ccc2c3c1O[C@H]1[C@H](N(CC(C)C)S(=O)(=O)Cc4ccccc4)CC[C@H]4[C@@H](C2)N(CC2CC2O)CC[C@@]341. The van der Waals surface area contributed by atoms with Crippen molar-refractivity contribution in [3.05, 3.63) is 59.2 Å². The number of sulfonamides is 1. The lowest BCUT2D eigenvalue weighted by Crippen LogP contribution is -2.69. The van der Waals surface area contributed by atoms with Crippen LogP contribution in [0, 0.1) is 17.8 Å². The molecule has 2 heterocycles. The molecule has 2 aromatic rings. The fourth-order valence-electron chi connectivity index (χ4n) is 8.68. The first-order valence-electron chi connectivity index (χ1n) is 15.1. The number of likely N-dealkylation sites (tertiary alicyclic amines) is 1. The summed E-state index contributed by atoms with van der Waals surface area (Å²) in [6.07, 6.45) is 4.21. The zero-order valence-electron chi connectivity index (χ0n) is 23.8. The van der Waals surface area contributed by atoms with Crippen molar-refractivity contribution < 1.29 is 23.0 Å². The van der Waals surface area contributed by atoms with Crippen molar-refractivity contribution in [3.8, 4) is 11.5 Å². The number of benzene rings is 2. The summed E-state index contributed by atoms with van der Waals surface area (Å²) in [5.41, 5.74) is 3.21. The lowest BCUT2D eigenvalue weighted by molar-refractivity contribution is -0.0789. The van der Waals surface area contributed by atoms with Gasteiger partial charge in [-0.1, -0.05) is 50.2 Å². The number of nitrogens with zero attached hydrogens (tertiary/aromatic N) is 2. The molecule has 2 aliphatic heterocycles. The van der Waals surface area contributed by atoms with Crippen LogP contribution in [-0.4, -0.2) is 73.8 Å². The number of hydrogen-bond acceptors (Lipinski definition) is 6. The second kappa shape index (κ2) is 9.72. The molecule has 2 bridgehead atoms. The molecule has 0 radical (unpaired) electrons. The first-order chi connectivity index (χ1) is 19.2. The van der Waals surface area contributed by atoms with Crippen LogP contribution in [0.3, 0.4) is 0 Å². The van der Waals surface area contributed by atoms with Crippen LogP contribution < -0.4 is 9.47 Å². The van der Waals surface area contributed by atoms with E-state index in [2.05, 4.69) is 24.8 Å². The highest BCUT2D eigenvalue weighted by atomic mass is 32.2. The van der Waals surface area contributed by atoms with Crippen LogP contribution in [0.5, 0.6) is 11.5 Å². The average molecular weight is 567 g/mol.